The molecule has 9 heteroatoms. The summed E-state index contributed by atoms with van der Waals surface area (Å²) < 4.78 is 0.877. The summed E-state index contributed by atoms with van der Waals surface area (Å²) in [6, 6.07) is 3.52. The molecule has 0 fully saturated rings. The Morgan fingerprint density at radius 3 is 2.84 bits per heavy atom. The highest BCUT2D eigenvalue weighted by molar-refractivity contribution is 9.11. The smallest absolute Gasteiger partial charge is 0.264 e. The molecular weight excluding hydrogens is 352 g/mol. The van der Waals surface area contributed by atoms with E-state index in [-0.39, 0.29) is 18.4 Å². The van der Waals surface area contributed by atoms with Gasteiger partial charge in [-0.3, -0.25) is 14.9 Å². The quantitative estimate of drug-likeness (QED) is 0.905. The average molecular weight is 361 g/mol. The maximum absolute atomic E-state index is 12.0. The standard InChI is InChI=1S/C10H9BrN4O2S2/c1-15(9(17)6-2-3-7(11)19-6)4-8(16)13-10-14-12-5-18-10/h2-3,5H,4H2,1H3,(H,13,14,16). The molecule has 0 spiro atoms. The third kappa shape index (κ3) is 3.82. The summed E-state index contributed by atoms with van der Waals surface area (Å²) in [5.74, 6) is -0.494. The molecule has 2 heterocycles. The summed E-state index contributed by atoms with van der Waals surface area (Å²) in [7, 11) is 1.58. The molecule has 2 amide bonds. The van der Waals surface area contributed by atoms with Crippen molar-refractivity contribution in [2.45, 2.75) is 0 Å². The first-order valence-electron chi connectivity index (χ1n) is 5.13. The van der Waals surface area contributed by atoms with Crippen molar-refractivity contribution in [2.24, 2.45) is 0 Å². The minimum Gasteiger partial charge on any atom is -0.332 e. The van der Waals surface area contributed by atoms with Crippen LogP contribution in [0.1, 0.15) is 9.67 Å². The lowest BCUT2D eigenvalue weighted by Gasteiger charge is -2.14. The fraction of sp³-hybridized carbons (Fsp3) is 0.200. The molecule has 0 unspecified atom stereocenters. The van der Waals surface area contributed by atoms with Gasteiger partial charge < -0.3 is 4.90 Å². The molecule has 2 aromatic heterocycles. The van der Waals surface area contributed by atoms with E-state index >= 15 is 0 Å². The zero-order valence-electron chi connectivity index (χ0n) is 9.79. The predicted octanol–water partition coefficient (Wildman–Crippen LogP) is 2.07. The van der Waals surface area contributed by atoms with Crippen LogP contribution in [0.4, 0.5) is 5.13 Å². The molecule has 0 aliphatic carbocycles. The molecule has 6 nitrogen and oxygen atoms in total. The Kier molecular flexibility index (Phi) is 4.61. The number of thiophene rings is 1. The molecule has 0 atom stereocenters. The molecule has 0 saturated heterocycles. The summed E-state index contributed by atoms with van der Waals surface area (Å²) in [5.41, 5.74) is 1.52. The number of likely N-dealkylation sites (N-methyl/N-ethyl adjacent to an activating group) is 1. The Morgan fingerprint density at radius 2 is 2.26 bits per heavy atom. The van der Waals surface area contributed by atoms with Crippen molar-refractivity contribution in [1.82, 2.24) is 15.1 Å². The van der Waals surface area contributed by atoms with Crippen LogP contribution >= 0.6 is 38.6 Å². The Bertz CT molecular complexity index is 584. The van der Waals surface area contributed by atoms with Gasteiger partial charge in [0.2, 0.25) is 11.0 Å². The molecule has 0 aromatic carbocycles. The first kappa shape index (κ1) is 14.1. The van der Waals surface area contributed by atoms with Crippen LogP contribution < -0.4 is 5.32 Å². The van der Waals surface area contributed by atoms with Gasteiger partial charge in [-0.15, -0.1) is 21.5 Å². The van der Waals surface area contributed by atoms with E-state index in [0.29, 0.717) is 10.0 Å². The van der Waals surface area contributed by atoms with Crippen molar-refractivity contribution in [3.05, 3.63) is 26.3 Å². The van der Waals surface area contributed by atoms with Crippen LogP contribution in [0.5, 0.6) is 0 Å². The molecule has 0 radical (unpaired) electrons. The molecule has 1 N–H and O–H groups in total. The normalized spacial score (nSPS) is 10.2. The van der Waals surface area contributed by atoms with Crippen LogP contribution in [-0.2, 0) is 4.79 Å². The van der Waals surface area contributed by atoms with Crippen LogP contribution in [0.2, 0.25) is 0 Å². The maximum Gasteiger partial charge on any atom is 0.264 e. The van der Waals surface area contributed by atoms with Crippen LogP contribution in [0.15, 0.2) is 21.4 Å². The largest absolute Gasteiger partial charge is 0.332 e. The predicted molar refractivity (Wildman–Crippen MR) is 77.5 cm³/mol. The SMILES string of the molecule is CN(CC(=O)Nc1nncs1)C(=O)c1ccc(Br)s1. The lowest BCUT2D eigenvalue weighted by molar-refractivity contribution is -0.116. The van der Waals surface area contributed by atoms with E-state index in [1.165, 1.54) is 33.1 Å². The topological polar surface area (TPSA) is 75.2 Å². The molecular formula is C10H9BrN4O2S2. The van der Waals surface area contributed by atoms with Crippen LogP contribution in [0.25, 0.3) is 0 Å². The van der Waals surface area contributed by atoms with E-state index in [1.54, 1.807) is 19.2 Å². The molecule has 0 aliphatic rings. The first-order chi connectivity index (χ1) is 9.06. The summed E-state index contributed by atoms with van der Waals surface area (Å²) in [6.07, 6.45) is 0. The number of rotatable bonds is 4. The van der Waals surface area contributed by atoms with E-state index in [0.717, 1.165) is 3.79 Å². The van der Waals surface area contributed by atoms with E-state index in [2.05, 4.69) is 31.4 Å². The average Bonchev–Trinajstić information content (AvgIpc) is 2.99. The minimum absolute atomic E-state index is 0.0338. The number of halogens is 1. The van der Waals surface area contributed by atoms with E-state index < -0.39 is 0 Å². The van der Waals surface area contributed by atoms with E-state index in [4.69, 9.17) is 0 Å². The van der Waals surface area contributed by atoms with Gasteiger partial charge in [-0.1, -0.05) is 11.3 Å². The van der Waals surface area contributed by atoms with Crippen molar-refractivity contribution in [3.63, 3.8) is 0 Å². The Morgan fingerprint density at radius 1 is 1.47 bits per heavy atom. The van der Waals surface area contributed by atoms with Crippen LogP contribution in [0.3, 0.4) is 0 Å². The van der Waals surface area contributed by atoms with Gasteiger partial charge in [-0.2, -0.15) is 0 Å². The number of nitrogens with zero attached hydrogens (tertiary/aromatic N) is 3. The Labute approximate surface area is 125 Å². The monoisotopic (exact) mass is 360 g/mol. The second kappa shape index (κ2) is 6.22. The highest BCUT2D eigenvalue weighted by atomic mass is 79.9. The molecule has 0 aliphatic heterocycles. The van der Waals surface area contributed by atoms with Gasteiger partial charge in [0.25, 0.3) is 5.91 Å². The number of hydrogen-bond donors (Lipinski definition) is 1. The third-order valence-electron chi connectivity index (χ3n) is 2.12. The first-order valence-corrected chi connectivity index (χ1v) is 7.62. The molecule has 2 rings (SSSR count). The van der Waals surface area contributed by atoms with Crippen molar-refractivity contribution in [1.29, 1.82) is 0 Å². The second-order valence-electron chi connectivity index (χ2n) is 3.56. The Balaban J connectivity index is 1.91. The molecule has 2 aromatic rings. The number of carbonyl (C=O) groups is 2. The highest BCUT2D eigenvalue weighted by Crippen LogP contribution is 2.23. The van der Waals surface area contributed by atoms with Gasteiger partial charge in [-0.25, -0.2) is 0 Å². The molecule has 19 heavy (non-hydrogen) atoms. The maximum atomic E-state index is 12.0. The fourth-order valence-electron chi connectivity index (χ4n) is 1.29. The summed E-state index contributed by atoms with van der Waals surface area (Å²) in [6.45, 7) is -0.0338. The van der Waals surface area contributed by atoms with E-state index in [1.807, 2.05) is 0 Å². The molecule has 0 saturated carbocycles. The van der Waals surface area contributed by atoms with Gasteiger partial charge in [0.1, 0.15) is 5.51 Å². The van der Waals surface area contributed by atoms with Gasteiger partial charge in [0.05, 0.1) is 15.2 Å². The van der Waals surface area contributed by atoms with E-state index in [9.17, 15) is 9.59 Å². The summed E-state index contributed by atoms with van der Waals surface area (Å²) in [4.78, 5) is 25.6. The summed E-state index contributed by atoms with van der Waals surface area (Å²) >= 11 is 5.85. The van der Waals surface area contributed by atoms with Crippen LogP contribution in [0, 0.1) is 0 Å². The second-order valence-corrected chi connectivity index (χ2v) is 6.85. The number of amides is 2. The highest BCUT2D eigenvalue weighted by Gasteiger charge is 2.17. The van der Waals surface area contributed by atoms with Crippen molar-refractivity contribution < 1.29 is 9.59 Å². The van der Waals surface area contributed by atoms with Gasteiger partial charge in [0, 0.05) is 7.05 Å². The third-order valence-corrected chi connectivity index (χ3v) is 4.34. The fourth-order valence-corrected chi connectivity index (χ4v) is 3.13. The van der Waals surface area contributed by atoms with Crippen molar-refractivity contribution in [3.8, 4) is 0 Å². The molecule has 0 bridgehead atoms. The number of nitrogens with one attached hydrogen (secondary N) is 1. The zero-order chi connectivity index (χ0) is 13.8. The zero-order valence-corrected chi connectivity index (χ0v) is 13.0. The lowest BCUT2D eigenvalue weighted by Crippen LogP contribution is -2.34. The number of anilines is 1. The Hall–Kier alpha value is -1.32. The van der Waals surface area contributed by atoms with Gasteiger partial charge in [0.15, 0.2) is 0 Å². The van der Waals surface area contributed by atoms with Crippen LogP contribution in [-0.4, -0.2) is 40.5 Å². The number of carbonyl (C=O) groups excluding carboxylic acids is 2. The van der Waals surface area contributed by atoms with Gasteiger partial charge >= 0.3 is 0 Å². The van der Waals surface area contributed by atoms with Crippen molar-refractivity contribution in [2.75, 3.05) is 18.9 Å². The van der Waals surface area contributed by atoms with Crippen molar-refractivity contribution >= 4 is 55.5 Å². The number of aromatic nitrogens is 2. The minimum atomic E-state index is -0.303. The van der Waals surface area contributed by atoms with Gasteiger partial charge in [-0.05, 0) is 28.1 Å². The number of hydrogen-bond acceptors (Lipinski definition) is 6. The summed E-state index contributed by atoms with van der Waals surface area (Å²) in [5, 5.41) is 10.3. The lowest BCUT2D eigenvalue weighted by atomic mass is 10.4. The molecule has 100 valence electrons.